The van der Waals surface area contributed by atoms with E-state index in [0.29, 0.717) is 0 Å². The molecule has 0 radical (unpaired) electrons. The van der Waals surface area contributed by atoms with E-state index in [1.54, 1.807) is 11.8 Å². The minimum absolute atomic E-state index is 0.906. The molecule has 0 aliphatic carbocycles. The van der Waals surface area contributed by atoms with E-state index < -0.39 is 0 Å². The molecule has 8 rings (SSSR count). The second kappa shape index (κ2) is 11.9. The number of rotatable bonds is 6. The van der Waals surface area contributed by atoms with Gasteiger partial charge in [0, 0.05) is 17.1 Å². The molecule has 2 nitrogen and oxygen atoms in total. The average Bonchev–Trinajstić information content (AvgIpc) is 3.12. The van der Waals surface area contributed by atoms with Gasteiger partial charge in [0.1, 0.15) is 11.5 Å². The molecule has 0 saturated heterocycles. The predicted octanol–water partition coefficient (Wildman–Crippen LogP) is 12.4. The lowest BCUT2D eigenvalue weighted by atomic mass is 10.0. The molecule has 1 aliphatic heterocycles. The van der Waals surface area contributed by atoms with Crippen LogP contribution in [0.3, 0.4) is 0 Å². The number of hydrogen-bond donors (Lipinski definition) is 0. The lowest BCUT2D eigenvalue weighted by Crippen LogP contribution is -2.09. The van der Waals surface area contributed by atoms with Gasteiger partial charge in [-0.3, -0.25) is 0 Å². The Balaban J connectivity index is 1.13. The molecule has 1 heterocycles. The average molecular weight is 596 g/mol. The molecule has 0 fully saturated rings. The van der Waals surface area contributed by atoms with Gasteiger partial charge < -0.3 is 9.64 Å². The van der Waals surface area contributed by atoms with Crippen LogP contribution < -0.4 is 9.64 Å². The van der Waals surface area contributed by atoms with Gasteiger partial charge in [-0.2, -0.15) is 0 Å². The maximum absolute atomic E-state index is 6.16. The van der Waals surface area contributed by atoms with Crippen LogP contribution in [0, 0.1) is 0 Å². The van der Waals surface area contributed by atoms with E-state index in [1.165, 1.54) is 33.4 Å². The Bertz CT molecular complexity index is 1990. The van der Waals surface area contributed by atoms with Crippen molar-refractivity contribution in [3.05, 3.63) is 176 Å². The third kappa shape index (κ3) is 5.50. The summed E-state index contributed by atoms with van der Waals surface area (Å²) in [6.07, 6.45) is 0. The lowest BCUT2D eigenvalue weighted by molar-refractivity contribution is 0.454. The van der Waals surface area contributed by atoms with Gasteiger partial charge in [0.05, 0.1) is 9.79 Å². The van der Waals surface area contributed by atoms with Crippen LogP contribution >= 0.6 is 11.8 Å². The van der Waals surface area contributed by atoms with Crippen LogP contribution in [0.15, 0.2) is 186 Å². The first-order valence-corrected chi connectivity index (χ1v) is 15.9. The molecule has 1 aliphatic rings. The quantitative estimate of drug-likeness (QED) is 0.190. The standard InChI is InChI=1S/C42H29NOS/c1-3-9-30(10-4-1)32-15-22-36(23-16-32)43(37-24-17-33(18-25-37)31-11-5-2-6-12-31)38-26-19-34(20-27-38)35-21-28-40-42(29-35)45-41-14-8-7-13-39(41)44-40/h1-29H. The Hall–Kier alpha value is -5.51. The fourth-order valence-corrected chi connectivity index (χ4v) is 6.81. The van der Waals surface area contributed by atoms with Crippen molar-refractivity contribution in [3.8, 4) is 44.9 Å². The smallest absolute Gasteiger partial charge is 0.141 e. The van der Waals surface area contributed by atoms with Crippen molar-refractivity contribution in [1.82, 2.24) is 0 Å². The third-order valence-corrected chi connectivity index (χ3v) is 9.25. The van der Waals surface area contributed by atoms with E-state index >= 15 is 0 Å². The van der Waals surface area contributed by atoms with Gasteiger partial charge in [0.25, 0.3) is 0 Å². The minimum atomic E-state index is 0.906. The molecular formula is C42H29NOS. The highest BCUT2D eigenvalue weighted by Gasteiger charge is 2.18. The molecule has 0 atom stereocenters. The highest BCUT2D eigenvalue weighted by atomic mass is 32.2. The Morgan fingerprint density at radius 3 is 1.27 bits per heavy atom. The molecule has 0 bridgehead atoms. The van der Waals surface area contributed by atoms with E-state index in [4.69, 9.17) is 4.74 Å². The van der Waals surface area contributed by atoms with E-state index in [-0.39, 0.29) is 0 Å². The number of fused-ring (bicyclic) bond motifs is 2. The molecule has 0 spiro atoms. The largest absolute Gasteiger partial charge is 0.455 e. The summed E-state index contributed by atoms with van der Waals surface area (Å²) in [6, 6.07) is 62.2. The number of hydrogen-bond acceptors (Lipinski definition) is 3. The van der Waals surface area contributed by atoms with Crippen LogP contribution in [-0.2, 0) is 0 Å². The molecule has 0 aromatic heterocycles. The normalized spacial score (nSPS) is 11.6. The zero-order valence-corrected chi connectivity index (χ0v) is 25.3. The molecule has 45 heavy (non-hydrogen) atoms. The Morgan fingerprint density at radius 2 is 0.733 bits per heavy atom. The van der Waals surface area contributed by atoms with Crippen molar-refractivity contribution in [2.24, 2.45) is 0 Å². The van der Waals surface area contributed by atoms with Gasteiger partial charge in [-0.1, -0.05) is 127 Å². The van der Waals surface area contributed by atoms with Gasteiger partial charge in [0.2, 0.25) is 0 Å². The summed E-state index contributed by atoms with van der Waals surface area (Å²) in [5.74, 6) is 1.82. The molecule has 214 valence electrons. The SMILES string of the molecule is c1ccc(-c2ccc(N(c3ccc(-c4ccccc4)cc3)c3ccc(-c4ccc5c(c4)Sc4ccccc4O5)cc3)cc2)cc1. The van der Waals surface area contributed by atoms with Crippen molar-refractivity contribution >= 4 is 28.8 Å². The highest BCUT2D eigenvalue weighted by Crippen LogP contribution is 2.48. The van der Waals surface area contributed by atoms with Gasteiger partial charge in [-0.05, 0) is 94.0 Å². The van der Waals surface area contributed by atoms with E-state index in [0.717, 1.165) is 38.4 Å². The van der Waals surface area contributed by atoms with Gasteiger partial charge in [-0.25, -0.2) is 0 Å². The Labute approximate surface area is 268 Å². The maximum Gasteiger partial charge on any atom is 0.141 e. The maximum atomic E-state index is 6.16. The van der Waals surface area contributed by atoms with Crippen molar-refractivity contribution in [2.45, 2.75) is 9.79 Å². The molecule has 7 aromatic carbocycles. The molecule has 0 N–H and O–H groups in total. The van der Waals surface area contributed by atoms with Crippen LogP contribution in [-0.4, -0.2) is 0 Å². The number of nitrogens with zero attached hydrogens (tertiary/aromatic N) is 1. The topological polar surface area (TPSA) is 12.5 Å². The van der Waals surface area contributed by atoms with Crippen molar-refractivity contribution in [2.75, 3.05) is 4.90 Å². The number of para-hydroxylation sites is 1. The first kappa shape index (κ1) is 27.1. The molecular weight excluding hydrogens is 567 g/mol. The summed E-state index contributed by atoms with van der Waals surface area (Å²) in [7, 11) is 0. The summed E-state index contributed by atoms with van der Waals surface area (Å²) < 4.78 is 6.16. The summed E-state index contributed by atoms with van der Waals surface area (Å²) in [6.45, 7) is 0. The second-order valence-electron chi connectivity index (χ2n) is 11.0. The summed E-state index contributed by atoms with van der Waals surface area (Å²) in [4.78, 5) is 4.60. The molecule has 0 unspecified atom stereocenters. The summed E-state index contributed by atoms with van der Waals surface area (Å²) >= 11 is 1.76. The highest BCUT2D eigenvalue weighted by molar-refractivity contribution is 7.99. The monoisotopic (exact) mass is 595 g/mol. The van der Waals surface area contributed by atoms with Crippen LogP contribution in [0.2, 0.25) is 0 Å². The number of benzene rings is 7. The first-order valence-electron chi connectivity index (χ1n) is 15.1. The predicted molar refractivity (Wildman–Crippen MR) is 188 cm³/mol. The Morgan fingerprint density at radius 1 is 0.333 bits per heavy atom. The zero-order chi connectivity index (χ0) is 30.0. The fourth-order valence-electron chi connectivity index (χ4n) is 5.82. The molecule has 0 amide bonds. The van der Waals surface area contributed by atoms with E-state index in [9.17, 15) is 0 Å². The minimum Gasteiger partial charge on any atom is -0.455 e. The second-order valence-corrected chi connectivity index (χ2v) is 12.1. The fraction of sp³-hybridized carbons (Fsp3) is 0. The van der Waals surface area contributed by atoms with E-state index in [2.05, 4.69) is 169 Å². The van der Waals surface area contributed by atoms with Crippen molar-refractivity contribution < 1.29 is 4.74 Å². The lowest BCUT2D eigenvalue weighted by Gasteiger charge is -2.26. The third-order valence-electron chi connectivity index (χ3n) is 8.16. The zero-order valence-electron chi connectivity index (χ0n) is 24.5. The number of ether oxygens (including phenoxy) is 1. The van der Waals surface area contributed by atoms with Crippen molar-refractivity contribution in [3.63, 3.8) is 0 Å². The van der Waals surface area contributed by atoms with Crippen molar-refractivity contribution in [1.29, 1.82) is 0 Å². The summed E-state index contributed by atoms with van der Waals surface area (Å²) in [5, 5.41) is 0. The van der Waals surface area contributed by atoms with Gasteiger partial charge in [-0.15, -0.1) is 0 Å². The van der Waals surface area contributed by atoms with Gasteiger partial charge in [0.15, 0.2) is 0 Å². The van der Waals surface area contributed by atoms with Crippen LogP contribution in [0.4, 0.5) is 17.1 Å². The van der Waals surface area contributed by atoms with Gasteiger partial charge >= 0.3 is 0 Å². The van der Waals surface area contributed by atoms with Crippen LogP contribution in [0.25, 0.3) is 33.4 Å². The first-order chi connectivity index (χ1) is 22.3. The molecule has 3 heteroatoms. The molecule has 0 saturated carbocycles. The van der Waals surface area contributed by atoms with Crippen LogP contribution in [0.5, 0.6) is 11.5 Å². The molecule has 7 aromatic rings. The van der Waals surface area contributed by atoms with Crippen LogP contribution in [0.1, 0.15) is 0 Å². The van der Waals surface area contributed by atoms with E-state index in [1.807, 2.05) is 12.1 Å². The number of anilines is 3. The Kier molecular flexibility index (Phi) is 7.14. The summed E-state index contributed by atoms with van der Waals surface area (Å²) in [5.41, 5.74) is 10.5.